The molecule has 0 saturated carbocycles. The summed E-state index contributed by atoms with van der Waals surface area (Å²) in [5, 5.41) is 3.90. The number of nitrogens with one attached hydrogen (secondary N) is 1. The van der Waals surface area contributed by atoms with Gasteiger partial charge in [-0.2, -0.15) is 0 Å². The summed E-state index contributed by atoms with van der Waals surface area (Å²) in [6.07, 6.45) is 1.87. The number of hydrogen-bond acceptors (Lipinski definition) is 3. The van der Waals surface area contributed by atoms with Gasteiger partial charge in [0.25, 0.3) is 0 Å². The van der Waals surface area contributed by atoms with Crippen LogP contribution in [0.25, 0.3) is 0 Å². The summed E-state index contributed by atoms with van der Waals surface area (Å²) in [6.45, 7) is 6.30. The third-order valence-corrected chi connectivity index (χ3v) is 3.22. The summed E-state index contributed by atoms with van der Waals surface area (Å²) in [5.74, 6) is 0.691. The van der Waals surface area contributed by atoms with Crippen molar-refractivity contribution >= 4 is 11.6 Å². The van der Waals surface area contributed by atoms with Crippen LogP contribution in [0.1, 0.15) is 23.7 Å². The lowest BCUT2D eigenvalue weighted by Gasteiger charge is -2.09. The number of pyridine rings is 1. The van der Waals surface area contributed by atoms with Gasteiger partial charge in [-0.15, -0.1) is 0 Å². The van der Waals surface area contributed by atoms with Crippen LogP contribution in [0.4, 0.5) is 0 Å². The van der Waals surface area contributed by atoms with Crippen molar-refractivity contribution in [1.29, 1.82) is 0 Å². The molecule has 0 aliphatic heterocycles. The SMILES string of the molecule is CCNCc1ccc(COc2ccc(C)cc2Cl)nc1. The van der Waals surface area contributed by atoms with E-state index in [2.05, 4.69) is 23.3 Å². The van der Waals surface area contributed by atoms with Crippen LogP contribution in [0.2, 0.25) is 5.02 Å². The molecular weight excluding hydrogens is 272 g/mol. The molecule has 1 heterocycles. The monoisotopic (exact) mass is 290 g/mol. The van der Waals surface area contributed by atoms with Crippen molar-refractivity contribution < 1.29 is 4.74 Å². The highest BCUT2D eigenvalue weighted by molar-refractivity contribution is 6.32. The molecule has 3 nitrogen and oxygen atoms in total. The molecule has 0 unspecified atom stereocenters. The Kier molecular flexibility index (Phi) is 5.39. The van der Waals surface area contributed by atoms with Crippen LogP contribution in [0.15, 0.2) is 36.5 Å². The second kappa shape index (κ2) is 7.27. The molecule has 2 rings (SSSR count). The fourth-order valence-electron chi connectivity index (χ4n) is 1.79. The van der Waals surface area contributed by atoms with E-state index in [0.29, 0.717) is 17.4 Å². The fraction of sp³-hybridized carbons (Fsp3) is 0.312. The first-order chi connectivity index (χ1) is 9.69. The minimum absolute atomic E-state index is 0.421. The summed E-state index contributed by atoms with van der Waals surface area (Å²) >= 11 is 6.12. The number of benzene rings is 1. The Labute approximate surface area is 124 Å². The molecule has 0 spiro atoms. The Morgan fingerprint density at radius 2 is 2.10 bits per heavy atom. The maximum atomic E-state index is 6.12. The van der Waals surface area contributed by atoms with Crippen molar-refractivity contribution in [2.75, 3.05) is 6.54 Å². The summed E-state index contributed by atoms with van der Waals surface area (Å²) in [6, 6.07) is 9.80. The Balaban J connectivity index is 1.93. The maximum Gasteiger partial charge on any atom is 0.138 e. The Morgan fingerprint density at radius 1 is 1.25 bits per heavy atom. The van der Waals surface area contributed by atoms with Crippen molar-refractivity contribution in [2.24, 2.45) is 0 Å². The lowest BCUT2D eigenvalue weighted by atomic mass is 10.2. The molecule has 0 atom stereocenters. The first-order valence-corrected chi connectivity index (χ1v) is 7.10. The van der Waals surface area contributed by atoms with Gasteiger partial charge in [0, 0.05) is 12.7 Å². The van der Waals surface area contributed by atoms with Crippen LogP contribution in [-0.4, -0.2) is 11.5 Å². The smallest absolute Gasteiger partial charge is 0.138 e. The zero-order chi connectivity index (χ0) is 14.4. The van der Waals surface area contributed by atoms with Crippen LogP contribution in [-0.2, 0) is 13.2 Å². The average Bonchev–Trinajstić information content (AvgIpc) is 2.45. The number of hydrogen-bond donors (Lipinski definition) is 1. The summed E-state index contributed by atoms with van der Waals surface area (Å²) in [7, 11) is 0. The van der Waals surface area contributed by atoms with Crippen LogP contribution in [0.3, 0.4) is 0 Å². The molecular formula is C16H19ClN2O. The molecule has 1 aromatic carbocycles. The van der Waals surface area contributed by atoms with E-state index in [4.69, 9.17) is 16.3 Å². The number of nitrogens with zero attached hydrogens (tertiary/aromatic N) is 1. The molecule has 1 N–H and O–H groups in total. The predicted octanol–water partition coefficient (Wildman–Crippen LogP) is 3.73. The van der Waals surface area contributed by atoms with Crippen LogP contribution in [0, 0.1) is 6.92 Å². The molecule has 0 bridgehead atoms. The van der Waals surface area contributed by atoms with E-state index < -0.39 is 0 Å². The highest BCUT2D eigenvalue weighted by Crippen LogP contribution is 2.25. The van der Waals surface area contributed by atoms with Gasteiger partial charge in [-0.05, 0) is 42.8 Å². The Morgan fingerprint density at radius 3 is 2.75 bits per heavy atom. The molecule has 4 heteroatoms. The second-order valence-electron chi connectivity index (χ2n) is 4.66. The third kappa shape index (κ3) is 4.22. The molecule has 106 valence electrons. The second-order valence-corrected chi connectivity index (χ2v) is 5.07. The standard InChI is InChI=1S/C16H19ClN2O/c1-3-18-9-13-5-6-14(19-10-13)11-20-16-7-4-12(2)8-15(16)17/h4-8,10,18H,3,9,11H2,1-2H3. The van der Waals surface area contributed by atoms with E-state index in [1.807, 2.05) is 37.4 Å². The number of rotatable bonds is 6. The maximum absolute atomic E-state index is 6.12. The third-order valence-electron chi connectivity index (χ3n) is 2.93. The van der Waals surface area contributed by atoms with E-state index in [1.165, 1.54) is 5.56 Å². The van der Waals surface area contributed by atoms with Gasteiger partial charge in [0.05, 0.1) is 10.7 Å². The lowest BCUT2D eigenvalue weighted by Crippen LogP contribution is -2.12. The van der Waals surface area contributed by atoms with Crippen molar-refractivity contribution in [2.45, 2.75) is 27.0 Å². The fourth-order valence-corrected chi connectivity index (χ4v) is 2.08. The van der Waals surface area contributed by atoms with E-state index >= 15 is 0 Å². The van der Waals surface area contributed by atoms with Gasteiger partial charge < -0.3 is 10.1 Å². The van der Waals surface area contributed by atoms with Crippen molar-refractivity contribution in [3.05, 3.63) is 58.4 Å². The molecule has 0 aliphatic rings. The number of aromatic nitrogens is 1. The van der Waals surface area contributed by atoms with Gasteiger partial charge in [-0.3, -0.25) is 4.98 Å². The van der Waals surface area contributed by atoms with Gasteiger partial charge in [0.1, 0.15) is 12.4 Å². The molecule has 2 aromatic rings. The largest absolute Gasteiger partial charge is 0.486 e. The van der Waals surface area contributed by atoms with Crippen molar-refractivity contribution in [3.63, 3.8) is 0 Å². The molecule has 20 heavy (non-hydrogen) atoms. The van der Waals surface area contributed by atoms with Gasteiger partial charge in [0.15, 0.2) is 0 Å². The van der Waals surface area contributed by atoms with Gasteiger partial charge in [-0.25, -0.2) is 0 Å². The zero-order valence-electron chi connectivity index (χ0n) is 11.8. The van der Waals surface area contributed by atoms with E-state index in [1.54, 1.807) is 0 Å². The predicted molar refractivity (Wildman–Crippen MR) is 82.1 cm³/mol. The first kappa shape index (κ1) is 14.8. The summed E-state index contributed by atoms with van der Waals surface area (Å²) in [5.41, 5.74) is 3.18. The summed E-state index contributed by atoms with van der Waals surface area (Å²) < 4.78 is 5.69. The first-order valence-electron chi connectivity index (χ1n) is 6.72. The Hall–Kier alpha value is -1.58. The molecule has 0 radical (unpaired) electrons. The topological polar surface area (TPSA) is 34.1 Å². The number of ether oxygens (including phenoxy) is 1. The normalized spacial score (nSPS) is 10.6. The van der Waals surface area contributed by atoms with E-state index in [-0.39, 0.29) is 0 Å². The molecule has 1 aromatic heterocycles. The number of aryl methyl sites for hydroxylation is 1. The van der Waals surface area contributed by atoms with Crippen LogP contribution < -0.4 is 10.1 Å². The number of halogens is 1. The highest BCUT2D eigenvalue weighted by atomic mass is 35.5. The minimum atomic E-state index is 0.421. The van der Waals surface area contributed by atoms with Crippen molar-refractivity contribution in [1.82, 2.24) is 10.3 Å². The van der Waals surface area contributed by atoms with Crippen molar-refractivity contribution in [3.8, 4) is 5.75 Å². The van der Waals surface area contributed by atoms with Gasteiger partial charge in [-0.1, -0.05) is 30.7 Å². The van der Waals surface area contributed by atoms with E-state index in [0.717, 1.165) is 24.3 Å². The molecule has 0 saturated heterocycles. The minimum Gasteiger partial charge on any atom is -0.486 e. The van der Waals surface area contributed by atoms with Crippen LogP contribution >= 0.6 is 11.6 Å². The Bertz CT molecular complexity index is 555. The van der Waals surface area contributed by atoms with Crippen LogP contribution in [0.5, 0.6) is 5.75 Å². The quantitative estimate of drug-likeness (QED) is 0.880. The zero-order valence-corrected chi connectivity index (χ0v) is 12.6. The molecule has 0 fully saturated rings. The summed E-state index contributed by atoms with van der Waals surface area (Å²) in [4.78, 5) is 4.39. The highest BCUT2D eigenvalue weighted by Gasteiger charge is 2.03. The van der Waals surface area contributed by atoms with Gasteiger partial charge in [0.2, 0.25) is 0 Å². The van der Waals surface area contributed by atoms with Gasteiger partial charge >= 0.3 is 0 Å². The van der Waals surface area contributed by atoms with E-state index in [9.17, 15) is 0 Å². The molecule has 0 amide bonds. The molecule has 0 aliphatic carbocycles. The average molecular weight is 291 g/mol. The lowest BCUT2D eigenvalue weighted by molar-refractivity contribution is 0.301.